The lowest BCUT2D eigenvalue weighted by Crippen LogP contribution is -2.13. The van der Waals surface area contributed by atoms with E-state index in [1.165, 1.54) is 0 Å². The first kappa shape index (κ1) is 9.98. The van der Waals surface area contributed by atoms with Crippen LogP contribution in [0.3, 0.4) is 0 Å². The van der Waals surface area contributed by atoms with Gasteiger partial charge in [-0.25, -0.2) is 0 Å². The van der Waals surface area contributed by atoms with Crippen LogP contribution in [0.4, 0.5) is 0 Å². The van der Waals surface area contributed by atoms with E-state index < -0.39 is 0 Å². The summed E-state index contributed by atoms with van der Waals surface area (Å²) in [7, 11) is 1.58. The Balaban J connectivity index is 2.46. The van der Waals surface area contributed by atoms with Crippen LogP contribution in [0.25, 0.3) is 0 Å². The number of carbonyl (C=O) groups excluding carboxylic acids is 1. The summed E-state index contributed by atoms with van der Waals surface area (Å²) in [4.78, 5) is 10.5. The molecule has 0 aromatic heterocycles. The van der Waals surface area contributed by atoms with Gasteiger partial charge in [0.1, 0.15) is 17.8 Å². The molecule has 0 bridgehead atoms. The van der Waals surface area contributed by atoms with Gasteiger partial charge in [-0.2, -0.15) is 0 Å². The Morgan fingerprint density at radius 1 is 1.53 bits per heavy atom. The average molecular weight is 208 g/mol. The number of methoxy groups -OCH3 is 1. The molecule has 0 N–H and O–H groups in total. The molecule has 0 saturated carbocycles. The molecule has 4 nitrogen and oxygen atoms in total. The number of rotatable bonds is 3. The molecule has 0 fully saturated rings. The third kappa shape index (κ3) is 1.80. The van der Waals surface area contributed by atoms with Gasteiger partial charge in [-0.15, -0.1) is 0 Å². The highest BCUT2D eigenvalue weighted by Crippen LogP contribution is 2.34. The van der Waals surface area contributed by atoms with E-state index in [1.54, 1.807) is 7.11 Å². The highest BCUT2D eigenvalue weighted by atomic mass is 16.7. The maximum atomic E-state index is 10.5. The Morgan fingerprint density at radius 2 is 2.40 bits per heavy atom. The van der Waals surface area contributed by atoms with Gasteiger partial charge in [0.15, 0.2) is 6.79 Å². The number of fused-ring (bicyclic) bond motifs is 1. The van der Waals surface area contributed by atoms with E-state index in [0.29, 0.717) is 18.8 Å². The molecule has 0 unspecified atom stereocenters. The number of aldehydes is 1. The number of carbonyl (C=O) groups is 1. The molecule has 0 radical (unpaired) electrons. The van der Waals surface area contributed by atoms with E-state index in [0.717, 1.165) is 23.2 Å². The van der Waals surface area contributed by atoms with Gasteiger partial charge in [0.25, 0.3) is 0 Å². The van der Waals surface area contributed by atoms with E-state index in [-0.39, 0.29) is 6.79 Å². The zero-order chi connectivity index (χ0) is 10.7. The van der Waals surface area contributed by atoms with Gasteiger partial charge in [-0.3, -0.25) is 0 Å². The van der Waals surface area contributed by atoms with Crippen LogP contribution in [0.5, 0.6) is 11.5 Å². The summed E-state index contributed by atoms with van der Waals surface area (Å²) in [5.74, 6) is 1.46. The minimum atomic E-state index is 0.267. The fourth-order valence-electron chi connectivity index (χ4n) is 1.68. The smallest absolute Gasteiger partial charge is 0.189 e. The van der Waals surface area contributed by atoms with E-state index in [1.807, 2.05) is 12.1 Å². The third-order valence-electron chi connectivity index (χ3n) is 2.35. The van der Waals surface area contributed by atoms with E-state index in [9.17, 15) is 4.79 Å². The van der Waals surface area contributed by atoms with Gasteiger partial charge < -0.3 is 19.0 Å². The van der Waals surface area contributed by atoms with Gasteiger partial charge in [0.05, 0.1) is 19.3 Å². The molecule has 1 aromatic carbocycles. The Bertz CT molecular complexity index is 373. The monoisotopic (exact) mass is 208 g/mol. The number of benzene rings is 1. The van der Waals surface area contributed by atoms with Crippen LogP contribution in [0.1, 0.15) is 11.1 Å². The molecule has 0 amide bonds. The second kappa shape index (κ2) is 4.31. The molecule has 2 rings (SSSR count). The van der Waals surface area contributed by atoms with Crippen molar-refractivity contribution in [1.82, 2.24) is 0 Å². The average Bonchev–Trinajstić information content (AvgIpc) is 2.29. The Kier molecular flexibility index (Phi) is 2.87. The van der Waals surface area contributed by atoms with Gasteiger partial charge in [0.2, 0.25) is 0 Å². The summed E-state index contributed by atoms with van der Waals surface area (Å²) >= 11 is 0. The van der Waals surface area contributed by atoms with Crippen molar-refractivity contribution in [3.63, 3.8) is 0 Å². The minimum absolute atomic E-state index is 0.267. The van der Waals surface area contributed by atoms with Crippen molar-refractivity contribution < 1.29 is 19.0 Å². The topological polar surface area (TPSA) is 44.8 Å². The van der Waals surface area contributed by atoms with Crippen LogP contribution in [-0.2, 0) is 22.6 Å². The van der Waals surface area contributed by atoms with Crippen molar-refractivity contribution in [2.45, 2.75) is 13.0 Å². The maximum Gasteiger partial charge on any atom is 0.189 e. The fraction of sp³-hybridized carbons (Fsp3) is 0.364. The largest absolute Gasteiger partial charge is 0.496 e. The Hall–Kier alpha value is -1.55. The van der Waals surface area contributed by atoms with Crippen molar-refractivity contribution in [1.29, 1.82) is 0 Å². The molecule has 0 aliphatic carbocycles. The van der Waals surface area contributed by atoms with Crippen molar-refractivity contribution in [2.24, 2.45) is 0 Å². The van der Waals surface area contributed by atoms with E-state index >= 15 is 0 Å². The Labute approximate surface area is 87.8 Å². The van der Waals surface area contributed by atoms with Crippen LogP contribution in [0.2, 0.25) is 0 Å². The maximum absolute atomic E-state index is 10.5. The molecular formula is C11H12O4. The minimum Gasteiger partial charge on any atom is -0.496 e. The molecule has 1 aromatic rings. The molecule has 15 heavy (non-hydrogen) atoms. The molecule has 0 atom stereocenters. The van der Waals surface area contributed by atoms with E-state index in [4.69, 9.17) is 14.2 Å². The number of hydrogen-bond acceptors (Lipinski definition) is 4. The predicted molar refractivity (Wildman–Crippen MR) is 53.0 cm³/mol. The molecule has 80 valence electrons. The molecule has 0 saturated heterocycles. The molecule has 1 aliphatic heterocycles. The molecule has 0 spiro atoms. The van der Waals surface area contributed by atoms with Crippen LogP contribution in [-0.4, -0.2) is 20.2 Å². The fourth-order valence-corrected chi connectivity index (χ4v) is 1.68. The van der Waals surface area contributed by atoms with Crippen molar-refractivity contribution >= 4 is 6.29 Å². The summed E-state index contributed by atoms with van der Waals surface area (Å²) in [6, 6.07) is 3.69. The molecule has 1 heterocycles. The highest BCUT2D eigenvalue weighted by molar-refractivity contribution is 5.61. The van der Waals surface area contributed by atoms with Gasteiger partial charge in [-0.05, 0) is 6.07 Å². The highest BCUT2D eigenvalue weighted by Gasteiger charge is 2.18. The normalized spacial score (nSPS) is 13.9. The summed E-state index contributed by atoms with van der Waals surface area (Å²) in [5.41, 5.74) is 1.74. The quantitative estimate of drug-likeness (QED) is 0.702. The first-order chi connectivity index (χ1) is 7.36. The zero-order valence-electron chi connectivity index (χ0n) is 8.49. The summed E-state index contributed by atoms with van der Waals surface area (Å²) in [5, 5.41) is 0. The van der Waals surface area contributed by atoms with Gasteiger partial charge in [-0.1, -0.05) is 6.07 Å². The van der Waals surface area contributed by atoms with Crippen LogP contribution in [0, 0.1) is 0 Å². The molecule has 1 aliphatic rings. The van der Waals surface area contributed by atoms with Crippen molar-refractivity contribution in [3.05, 3.63) is 23.3 Å². The van der Waals surface area contributed by atoms with Crippen molar-refractivity contribution in [2.75, 3.05) is 13.9 Å². The van der Waals surface area contributed by atoms with E-state index in [2.05, 4.69) is 0 Å². The van der Waals surface area contributed by atoms with Gasteiger partial charge in [0, 0.05) is 12.0 Å². The lowest BCUT2D eigenvalue weighted by Gasteiger charge is -2.21. The summed E-state index contributed by atoms with van der Waals surface area (Å²) < 4.78 is 15.8. The van der Waals surface area contributed by atoms with Crippen molar-refractivity contribution in [3.8, 4) is 11.5 Å². The van der Waals surface area contributed by atoms with Crippen LogP contribution in [0.15, 0.2) is 12.1 Å². The lowest BCUT2D eigenvalue weighted by molar-refractivity contribution is -0.107. The standard InChI is InChI=1S/C11H12O4/c1-13-11-8(4-5-12)2-3-10-9(11)6-14-7-15-10/h2-3,5H,4,6-7H2,1H3. The first-order valence-electron chi connectivity index (χ1n) is 4.69. The summed E-state index contributed by atoms with van der Waals surface area (Å²) in [6.07, 6.45) is 1.20. The van der Waals surface area contributed by atoms with Crippen LogP contribution < -0.4 is 9.47 Å². The second-order valence-corrected chi connectivity index (χ2v) is 3.22. The van der Waals surface area contributed by atoms with Gasteiger partial charge >= 0.3 is 0 Å². The number of ether oxygens (including phenoxy) is 3. The Morgan fingerprint density at radius 3 is 3.13 bits per heavy atom. The first-order valence-corrected chi connectivity index (χ1v) is 4.69. The lowest BCUT2D eigenvalue weighted by atomic mass is 10.1. The molecule has 4 heteroatoms. The molecular weight excluding hydrogens is 196 g/mol. The number of hydrogen-bond donors (Lipinski definition) is 0. The SMILES string of the molecule is COc1c(CC=O)ccc2c1COCO2. The third-order valence-corrected chi connectivity index (χ3v) is 2.35. The predicted octanol–water partition coefficient (Wildman–Crippen LogP) is 1.30. The zero-order valence-corrected chi connectivity index (χ0v) is 8.49. The second-order valence-electron chi connectivity index (χ2n) is 3.22. The van der Waals surface area contributed by atoms with Crippen LogP contribution >= 0.6 is 0 Å². The summed E-state index contributed by atoms with van der Waals surface area (Å²) in [6.45, 7) is 0.731.